The number of phenols is 1. The molecule has 1 fully saturated rings. The molecule has 2 aliphatic rings. The quantitative estimate of drug-likeness (QED) is 0.548. The van der Waals surface area contributed by atoms with Crippen LogP contribution in [0.3, 0.4) is 0 Å². The van der Waals surface area contributed by atoms with Crippen LogP contribution in [0.4, 0.5) is 5.69 Å². The fourth-order valence-corrected chi connectivity index (χ4v) is 5.43. The highest BCUT2D eigenvalue weighted by molar-refractivity contribution is 9.10. The van der Waals surface area contributed by atoms with Crippen LogP contribution in [0, 0.1) is 10.1 Å². The van der Waals surface area contributed by atoms with Crippen LogP contribution in [0.2, 0.25) is 0 Å². The number of aliphatic imine (C=N–C) groups is 1. The minimum absolute atomic E-state index is 0.203. The van der Waals surface area contributed by atoms with E-state index in [9.17, 15) is 15.2 Å². The van der Waals surface area contributed by atoms with Gasteiger partial charge in [0.1, 0.15) is 6.04 Å². The summed E-state index contributed by atoms with van der Waals surface area (Å²) in [4.78, 5) is 22.5. The van der Waals surface area contributed by atoms with Crippen molar-refractivity contribution in [1.29, 1.82) is 0 Å². The zero-order valence-corrected chi connectivity index (χ0v) is 16.9. The smallest absolute Gasteiger partial charge is 0.312 e. The number of thioether (sulfide) groups is 1. The van der Waals surface area contributed by atoms with Crippen LogP contribution in [0.25, 0.3) is 0 Å². The largest absolute Gasteiger partial charge is 0.501 e. The normalized spacial score (nSPS) is 24.0. The van der Waals surface area contributed by atoms with Gasteiger partial charge in [-0.3, -0.25) is 20.1 Å². The second-order valence-electron chi connectivity index (χ2n) is 6.46. The maximum Gasteiger partial charge on any atom is 0.312 e. The highest BCUT2D eigenvalue weighted by Crippen LogP contribution is 2.50. The van der Waals surface area contributed by atoms with Crippen LogP contribution >= 0.6 is 27.7 Å². The lowest BCUT2D eigenvalue weighted by Gasteiger charge is -2.32. The number of pyridine rings is 1. The summed E-state index contributed by atoms with van der Waals surface area (Å²) in [5, 5.41) is 22.4. The Hall–Kier alpha value is -2.13. The molecule has 0 aliphatic carbocycles. The first-order chi connectivity index (χ1) is 13.0. The van der Waals surface area contributed by atoms with Gasteiger partial charge in [-0.25, -0.2) is 0 Å². The molecule has 3 atom stereocenters. The molecule has 2 aromatic rings. The zero-order valence-electron chi connectivity index (χ0n) is 14.4. The Bertz CT molecular complexity index is 924. The van der Waals surface area contributed by atoms with E-state index in [1.165, 1.54) is 6.07 Å². The van der Waals surface area contributed by atoms with Crippen LogP contribution in [-0.2, 0) is 0 Å². The monoisotopic (exact) mass is 448 g/mol. The number of nitrogens with zero attached hydrogens (tertiary/aromatic N) is 4. The average Bonchev–Trinajstić information content (AvgIpc) is 3.23. The van der Waals surface area contributed by atoms with Crippen LogP contribution < -0.4 is 0 Å². The number of rotatable bonds is 4. The molecule has 7 nitrogen and oxygen atoms in total. The molecule has 1 N–H and O–H groups in total. The van der Waals surface area contributed by atoms with Crippen molar-refractivity contribution in [3.05, 3.63) is 62.4 Å². The van der Waals surface area contributed by atoms with Crippen LogP contribution in [-0.4, -0.2) is 36.9 Å². The highest BCUT2D eigenvalue weighted by atomic mass is 79.9. The highest BCUT2D eigenvalue weighted by Gasteiger charge is 2.46. The van der Waals surface area contributed by atoms with Crippen LogP contribution in [0.5, 0.6) is 5.75 Å². The standard InChI is InChI=1S/C18H17BrN4O3S/c1-2-11-9-27-18-21-15(13-5-3-4-6-20-13)16(22(11)18)10-7-12(19)17(24)14(8-10)23(25)26/h3-8,11,15-16,24H,2,9H2,1H3/t11-,15+,16+/m1/s1. The van der Waals surface area contributed by atoms with Gasteiger partial charge in [0.15, 0.2) is 5.17 Å². The van der Waals surface area contributed by atoms with E-state index in [0.29, 0.717) is 10.5 Å². The Morgan fingerprint density at radius 1 is 1.44 bits per heavy atom. The van der Waals surface area contributed by atoms with E-state index in [0.717, 1.165) is 28.6 Å². The molecule has 27 heavy (non-hydrogen) atoms. The van der Waals surface area contributed by atoms with E-state index < -0.39 is 4.92 Å². The van der Waals surface area contributed by atoms with E-state index in [4.69, 9.17) is 4.99 Å². The van der Waals surface area contributed by atoms with Gasteiger partial charge >= 0.3 is 5.69 Å². The number of phenolic OH excluding ortho intramolecular Hbond substituents is 1. The fourth-order valence-electron chi connectivity index (χ4n) is 3.62. The molecule has 0 saturated carbocycles. The lowest BCUT2D eigenvalue weighted by atomic mass is 9.94. The minimum atomic E-state index is -0.563. The minimum Gasteiger partial charge on any atom is -0.501 e. The topological polar surface area (TPSA) is 91.9 Å². The van der Waals surface area contributed by atoms with Crippen LogP contribution in [0.1, 0.15) is 36.7 Å². The summed E-state index contributed by atoms with van der Waals surface area (Å²) in [5.74, 6) is 0.586. The summed E-state index contributed by atoms with van der Waals surface area (Å²) in [7, 11) is 0. The fraction of sp³-hybridized carbons (Fsp3) is 0.333. The van der Waals surface area contributed by atoms with E-state index >= 15 is 0 Å². The molecular formula is C18H17BrN4O3S. The SMILES string of the molecule is CC[C@@H]1CSC2=N[C@@H](c3ccccn3)[C@H](c3cc(Br)c(O)c([N+](=O)[O-])c3)N21. The lowest BCUT2D eigenvalue weighted by molar-refractivity contribution is -0.386. The first-order valence-electron chi connectivity index (χ1n) is 8.58. The van der Waals surface area contributed by atoms with Crippen molar-refractivity contribution in [2.45, 2.75) is 31.5 Å². The number of fused-ring (bicyclic) bond motifs is 1. The second-order valence-corrected chi connectivity index (χ2v) is 8.31. The van der Waals surface area contributed by atoms with Crippen molar-refractivity contribution < 1.29 is 10.0 Å². The molecule has 2 aliphatic heterocycles. The van der Waals surface area contributed by atoms with Gasteiger partial charge in [0, 0.05) is 24.1 Å². The van der Waals surface area contributed by atoms with Gasteiger partial charge in [0.2, 0.25) is 5.75 Å². The molecule has 1 aromatic heterocycles. The number of hydrogen-bond donors (Lipinski definition) is 1. The number of nitro groups is 1. The molecule has 0 spiro atoms. The third kappa shape index (κ3) is 3.08. The molecule has 1 aromatic carbocycles. The zero-order chi connectivity index (χ0) is 19.1. The van der Waals surface area contributed by atoms with Crippen LogP contribution in [0.15, 0.2) is 46.0 Å². The molecular weight excluding hydrogens is 432 g/mol. The van der Waals surface area contributed by atoms with Gasteiger partial charge in [-0.05, 0) is 46.1 Å². The van der Waals surface area contributed by atoms with Crippen molar-refractivity contribution >= 4 is 38.5 Å². The number of aromatic nitrogens is 1. The summed E-state index contributed by atoms with van der Waals surface area (Å²) >= 11 is 4.98. The summed E-state index contributed by atoms with van der Waals surface area (Å²) in [6, 6.07) is 8.75. The van der Waals surface area contributed by atoms with Gasteiger partial charge in [0.25, 0.3) is 0 Å². The average molecular weight is 449 g/mol. The molecule has 0 radical (unpaired) electrons. The summed E-state index contributed by atoms with van der Waals surface area (Å²) in [6.07, 6.45) is 2.69. The molecule has 4 rings (SSSR count). The summed E-state index contributed by atoms with van der Waals surface area (Å²) in [6.45, 7) is 2.13. The van der Waals surface area contributed by atoms with Crippen molar-refractivity contribution in [2.75, 3.05) is 5.75 Å². The van der Waals surface area contributed by atoms with Gasteiger partial charge < -0.3 is 10.0 Å². The number of nitro benzene ring substituents is 1. The third-order valence-electron chi connectivity index (χ3n) is 4.93. The van der Waals surface area contributed by atoms with Crippen molar-refractivity contribution in [3.63, 3.8) is 0 Å². The maximum absolute atomic E-state index is 11.4. The van der Waals surface area contributed by atoms with Crippen molar-refractivity contribution in [2.24, 2.45) is 4.99 Å². The molecule has 9 heteroatoms. The number of amidine groups is 1. The van der Waals surface area contributed by atoms with E-state index in [2.05, 4.69) is 32.7 Å². The Morgan fingerprint density at radius 3 is 2.93 bits per heavy atom. The number of halogens is 1. The van der Waals surface area contributed by atoms with E-state index in [1.807, 2.05) is 18.2 Å². The molecule has 140 valence electrons. The maximum atomic E-state index is 11.4. The molecule has 3 heterocycles. The van der Waals surface area contributed by atoms with Gasteiger partial charge in [-0.1, -0.05) is 24.8 Å². The molecule has 1 saturated heterocycles. The summed E-state index contributed by atoms with van der Waals surface area (Å²) in [5.41, 5.74) is 1.25. The molecule has 0 amide bonds. The molecule has 0 bridgehead atoms. The van der Waals surface area contributed by atoms with Crippen molar-refractivity contribution in [3.8, 4) is 5.75 Å². The van der Waals surface area contributed by atoms with Crippen molar-refractivity contribution in [1.82, 2.24) is 9.88 Å². The van der Waals surface area contributed by atoms with E-state index in [-0.39, 0.29) is 23.5 Å². The second kappa shape index (κ2) is 7.12. The third-order valence-corrected chi connectivity index (χ3v) is 6.66. The first kappa shape index (κ1) is 18.2. The predicted octanol–water partition coefficient (Wildman–Crippen LogP) is 4.44. The molecule has 0 unspecified atom stereocenters. The summed E-state index contributed by atoms with van der Waals surface area (Å²) < 4.78 is 0.305. The predicted molar refractivity (Wildman–Crippen MR) is 108 cm³/mol. The number of hydrogen-bond acceptors (Lipinski definition) is 7. The Morgan fingerprint density at radius 2 is 2.26 bits per heavy atom. The lowest BCUT2D eigenvalue weighted by Crippen LogP contribution is -2.35. The number of aromatic hydroxyl groups is 1. The van der Waals surface area contributed by atoms with Gasteiger partial charge in [0.05, 0.1) is 21.1 Å². The van der Waals surface area contributed by atoms with Gasteiger partial charge in [-0.15, -0.1) is 0 Å². The van der Waals surface area contributed by atoms with Gasteiger partial charge in [-0.2, -0.15) is 0 Å². The first-order valence-corrected chi connectivity index (χ1v) is 10.4. The Labute approximate surface area is 168 Å². The van der Waals surface area contributed by atoms with E-state index in [1.54, 1.807) is 24.0 Å². The number of benzene rings is 1. The Balaban J connectivity index is 1.86. The Kier molecular flexibility index (Phi) is 4.81.